The van der Waals surface area contributed by atoms with Gasteiger partial charge in [0.25, 0.3) is 0 Å². The largest absolute Gasteiger partial charge is 0.275 e. The number of nitrogens with one attached hydrogen (secondary N) is 1. The highest BCUT2D eigenvalue weighted by Crippen LogP contribution is 2.33. The molecule has 2 nitrogen and oxygen atoms in total. The molecule has 6 heteroatoms. The van der Waals surface area contributed by atoms with Crippen molar-refractivity contribution in [1.29, 1.82) is 0 Å². The first kappa shape index (κ1) is 13.7. The van der Waals surface area contributed by atoms with Gasteiger partial charge >= 0.3 is 0 Å². The van der Waals surface area contributed by atoms with E-state index in [2.05, 4.69) is 10.5 Å². The van der Waals surface area contributed by atoms with Crippen LogP contribution in [0.4, 0.5) is 5.69 Å². The van der Waals surface area contributed by atoms with Gasteiger partial charge in [-0.05, 0) is 30.5 Å². The standard InChI is InChI=1S/C12H9Cl3N2S/c1-7(11-3-2-4-18-11)16-17-12-9(14)5-8(13)6-10(12)15/h2-6,17H,1H3. The Labute approximate surface area is 124 Å². The van der Waals surface area contributed by atoms with Crippen LogP contribution in [0.3, 0.4) is 0 Å². The minimum absolute atomic E-state index is 0.440. The Balaban J connectivity index is 2.23. The molecule has 1 aromatic carbocycles. The van der Waals surface area contributed by atoms with Crippen LogP contribution in [-0.4, -0.2) is 5.71 Å². The Hall–Kier alpha value is -0.740. The average molecular weight is 320 g/mol. The van der Waals surface area contributed by atoms with Crippen LogP contribution in [0.25, 0.3) is 0 Å². The van der Waals surface area contributed by atoms with Gasteiger partial charge in [0.15, 0.2) is 0 Å². The van der Waals surface area contributed by atoms with Gasteiger partial charge in [-0.2, -0.15) is 5.10 Å². The molecule has 0 radical (unpaired) electrons. The molecular formula is C12H9Cl3N2S. The van der Waals surface area contributed by atoms with E-state index in [9.17, 15) is 0 Å². The number of anilines is 1. The lowest BCUT2D eigenvalue weighted by Crippen LogP contribution is -1.98. The molecule has 0 atom stereocenters. The van der Waals surface area contributed by atoms with E-state index in [1.165, 1.54) is 0 Å². The van der Waals surface area contributed by atoms with Crippen LogP contribution in [0.1, 0.15) is 11.8 Å². The number of nitrogens with zero attached hydrogens (tertiary/aromatic N) is 1. The summed E-state index contributed by atoms with van der Waals surface area (Å²) in [4.78, 5) is 1.09. The molecule has 1 aromatic heterocycles. The molecule has 0 fully saturated rings. The van der Waals surface area contributed by atoms with Crippen LogP contribution in [0, 0.1) is 0 Å². The number of hydrogen-bond acceptors (Lipinski definition) is 3. The van der Waals surface area contributed by atoms with Crippen LogP contribution in [0.15, 0.2) is 34.7 Å². The normalized spacial score (nSPS) is 11.7. The van der Waals surface area contributed by atoms with Crippen molar-refractivity contribution >= 4 is 57.5 Å². The number of thiophene rings is 1. The maximum Gasteiger partial charge on any atom is 0.0935 e. The van der Waals surface area contributed by atoms with E-state index in [0.717, 1.165) is 10.6 Å². The van der Waals surface area contributed by atoms with E-state index in [4.69, 9.17) is 34.8 Å². The van der Waals surface area contributed by atoms with Crippen molar-refractivity contribution in [2.75, 3.05) is 5.43 Å². The molecule has 94 valence electrons. The van der Waals surface area contributed by atoms with Gasteiger partial charge in [-0.15, -0.1) is 11.3 Å². The summed E-state index contributed by atoms with van der Waals surface area (Å²) in [6.45, 7) is 1.91. The van der Waals surface area contributed by atoms with E-state index in [0.29, 0.717) is 20.8 Å². The molecule has 0 aliphatic rings. The number of hydrazone groups is 1. The average Bonchev–Trinajstić information content (AvgIpc) is 2.80. The van der Waals surface area contributed by atoms with Gasteiger partial charge in [-0.25, -0.2) is 0 Å². The second-order valence-corrected chi connectivity index (χ2v) is 5.73. The lowest BCUT2D eigenvalue weighted by molar-refractivity contribution is 1.33. The Bertz CT molecular complexity index is 556. The fraction of sp³-hybridized carbons (Fsp3) is 0.0833. The number of rotatable bonds is 3. The zero-order valence-corrected chi connectivity index (χ0v) is 12.5. The van der Waals surface area contributed by atoms with Gasteiger partial charge in [0, 0.05) is 9.90 Å². The first-order valence-corrected chi connectivity index (χ1v) is 7.08. The molecule has 0 aliphatic carbocycles. The molecule has 1 heterocycles. The molecule has 2 aromatic rings. The SMILES string of the molecule is CC(=NNc1c(Cl)cc(Cl)cc1Cl)c1cccs1. The molecule has 0 aliphatic heterocycles. The van der Waals surface area contributed by atoms with E-state index >= 15 is 0 Å². The van der Waals surface area contributed by atoms with Crippen LogP contribution in [0.5, 0.6) is 0 Å². The van der Waals surface area contributed by atoms with Crippen LogP contribution in [-0.2, 0) is 0 Å². The van der Waals surface area contributed by atoms with Gasteiger partial charge in [0.2, 0.25) is 0 Å². The zero-order chi connectivity index (χ0) is 13.1. The predicted octanol–water partition coefficient (Wildman–Crippen LogP) is 5.54. The fourth-order valence-electron chi connectivity index (χ4n) is 1.33. The Morgan fingerprint density at radius 1 is 1.22 bits per heavy atom. The summed E-state index contributed by atoms with van der Waals surface area (Å²) in [5.41, 5.74) is 4.29. The third kappa shape index (κ3) is 3.18. The minimum atomic E-state index is 0.440. The second-order valence-electron chi connectivity index (χ2n) is 3.53. The summed E-state index contributed by atoms with van der Waals surface area (Å²) in [5.74, 6) is 0. The Kier molecular flexibility index (Phi) is 4.51. The molecule has 0 bridgehead atoms. The third-order valence-electron chi connectivity index (χ3n) is 2.22. The molecule has 0 saturated carbocycles. The van der Waals surface area contributed by atoms with Gasteiger partial charge in [-0.1, -0.05) is 40.9 Å². The first-order valence-electron chi connectivity index (χ1n) is 5.06. The molecule has 0 spiro atoms. The molecule has 0 unspecified atom stereocenters. The highest BCUT2D eigenvalue weighted by molar-refractivity contribution is 7.12. The Morgan fingerprint density at radius 3 is 2.44 bits per heavy atom. The van der Waals surface area contributed by atoms with Gasteiger partial charge < -0.3 is 0 Å². The lowest BCUT2D eigenvalue weighted by atomic mass is 10.3. The second kappa shape index (κ2) is 5.93. The maximum absolute atomic E-state index is 6.05. The van der Waals surface area contributed by atoms with Crippen molar-refractivity contribution in [3.8, 4) is 0 Å². The summed E-state index contributed by atoms with van der Waals surface area (Å²) in [7, 11) is 0. The topological polar surface area (TPSA) is 24.4 Å². The molecule has 0 saturated heterocycles. The molecule has 18 heavy (non-hydrogen) atoms. The lowest BCUT2D eigenvalue weighted by Gasteiger charge is -2.07. The highest BCUT2D eigenvalue weighted by Gasteiger charge is 2.07. The van der Waals surface area contributed by atoms with Gasteiger partial charge in [-0.3, -0.25) is 5.43 Å². The molecule has 2 rings (SSSR count). The van der Waals surface area contributed by atoms with E-state index in [-0.39, 0.29) is 0 Å². The third-order valence-corrected chi connectivity index (χ3v) is 4.01. The summed E-state index contributed by atoms with van der Waals surface area (Å²) in [6.07, 6.45) is 0. The van der Waals surface area contributed by atoms with E-state index in [1.54, 1.807) is 23.5 Å². The highest BCUT2D eigenvalue weighted by atomic mass is 35.5. The minimum Gasteiger partial charge on any atom is -0.275 e. The molecule has 0 amide bonds. The first-order chi connectivity index (χ1) is 8.58. The molecular weight excluding hydrogens is 311 g/mol. The van der Waals surface area contributed by atoms with E-state index < -0.39 is 0 Å². The van der Waals surface area contributed by atoms with Crippen molar-refractivity contribution in [3.05, 3.63) is 49.6 Å². The van der Waals surface area contributed by atoms with Crippen LogP contribution in [0.2, 0.25) is 15.1 Å². The fourth-order valence-corrected chi connectivity index (χ4v) is 2.91. The summed E-state index contributed by atoms with van der Waals surface area (Å²) in [6, 6.07) is 7.21. The summed E-state index contributed by atoms with van der Waals surface area (Å²) < 4.78 is 0. The van der Waals surface area contributed by atoms with Crippen molar-refractivity contribution in [3.63, 3.8) is 0 Å². The predicted molar refractivity (Wildman–Crippen MR) is 81.6 cm³/mol. The Morgan fingerprint density at radius 2 is 1.89 bits per heavy atom. The maximum atomic E-state index is 6.05. The molecule has 1 N–H and O–H groups in total. The number of halogens is 3. The summed E-state index contributed by atoms with van der Waals surface area (Å²) >= 11 is 19.5. The monoisotopic (exact) mass is 318 g/mol. The van der Waals surface area contributed by atoms with Gasteiger partial charge in [0.1, 0.15) is 0 Å². The summed E-state index contributed by atoms with van der Waals surface area (Å²) in [5, 5.41) is 7.62. The van der Waals surface area contributed by atoms with Crippen LogP contribution >= 0.6 is 46.1 Å². The van der Waals surface area contributed by atoms with Crippen molar-refractivity contribution in [2.24, 2.45) is 5.10 Å². The van der Waals surface area contributed by atoms with Crippen molar-refractivity contribution < 1.29 is 0 Å². The van der Waals surface area contributed by atoms with E-state index in [1.807, 2.05) is 24.4 Å². The van der Waals surface area contributed by atoms with Gasteiger partial charge in [0.05, 0.1) is 21.4 Å². The van der Waals surface area contributed by atoms with Crippen molar-refractivity contribution in [1.82, 2.24) is 0 Å². The van der Waals surface area contributed by atoms with Crippen LogP contribution < -0.4 is 5.43 Å². The quantitative estimate of drug-likeness (QED) is 0.582. The smallest absolute Gasteiger partial charge is 0.0935 e. The van der Waals surface area contributed by atoms with Crippen molar-refractivity contribution in [2.45, 2.75) is 6.92 Å². The number of hydrogen-bond donors (Lipinski definition) is 1. The number of benzene rings is 1. The zero-order valence-electron chi connectivity index (χ0n) is 9.38.